The van der Waals surface area contributed by atoms with Crippen LogP contribution in [-0.2, 0) is 5.67 Å². The number of aromatic nitrogens is 1. The summed E-state index contributed by atoms with van der Waals surface area (Å²) in [7, 11) is 0. The summed E-state index contributed by atoms with van der Waals surface area (Å²) in [5, 5.41) is 3.66. The van der Waals surface area contributed by atoms with Crippen LogP contribution < -0.4 is 0 Å². The van der Waals surface area contributed by atoms with Gasteiger partial charge in [0.05, 0.1) is 12.2 Å². The van der Waals surface area contributed by atoms with Gasteiger partial charge in [0, 0.05) is 19.0 Å². The van der Waals surface area contributed by atoms with Crippen molar-refractivity contribution in [3.8, 4) is 0 Å². The average molecular weight is 306 g/mol. The zero-order chi connectivity index (χ0) is 15.9. The number of hydrogen-bond donors (Lipinski definition) is 0. The largest absolute Gasteiger partial charge is 0.351 e. The van der Waals surface area contributed by atoms with Gasteiger partial charge in [0.1, 0.15) is 5.82 Å². The van der Waals surface area contributed by atoms with Crippen LogP contribution in [0.5, 0.6) is 0 Å². The van der Waals surface area contributed by atoms with Gasteiger partial charge >= 0.3 is 0 Å². The van der Waals surface area contributed by atoms with Gasteiger partial charge in [-0.25, -0.2) is 8.78 Å². The Bertz CT molecular complexity index is 708. The van der Waals surface area contributed by atoms with Crippen molar-refractivity contribution in [1.29, 1.82) is 0 Å². The van der Waals surface area contributed by atoms with Gasteiger partial charge in [-0.2, -0.15) is 0 Å². The Labute approximate surface area is 126 Å². The Morgan fingerprint density at radius 3 is 2.73 bits per heavy atom. The van der Waals surface area contributed by atoms with Crippen LogP contribution in [0.25, 0.3) is 0 Å². The molecule has 2 heterocycles. The molecule has 22 heavy (non-hydrogen) atoms. The number of aryl methyl sites for hydroxylation is 2. The van der Waals surface area contributed by atoms with Crippen molar-refractivity contribution in [2.75, 3.05) is 13.1 Å². The normalized spacial score (nSPS) is 21.4. The van der Waals surface area contributed by atoms with Crippen LogP contribution >= 0.6 is 0 Å². The fraction of sp³-hybridized carbons (Fsp3) is 0.375. The maximum atomic E-state index is 15.1. The summed E-state index contributed by atoms with van der Waals surface area (Å²) in [6.45, 7) is 3.56. The van der Waals surface area contributed by atoms with Gasteiger partial charge < -0.3 is 9.42 Å². The van der Waals surface area contributed by atoms with E-state index < -0.39 is 17.4 Å². The molecule has 1 fully saturated rings. The van der Waals surface area contributed by atoms with Crippen LogP contribution in [0.2, 0.25) is 0 Å². The lowest BCUT2D eigenvalue weighted by Gasteiger charge is -2.21. The van der Waals surface area contributed by atoms with Gasteiger partial charge in [0.25, 0.3) is 5.91 Å². The zero-order valence-corrected chi connectivity index (χ0v) is 12.4. The molecule has 0 spiro atoms. The predicted octanol–water partition coefficient (Wildman–Crippen LogP) is 3.14. The lowest BCUT2D eigenvalue weighted by molar-refractivity contribution is 0.0710. The molecule has 116 valence electrons. The summed E-state index contributed by atoms with van der Waals surface area (Å²) in [6, 6.07) is 5.68. The first kappa shape index (κ1) is 14.7. The lowest BCUT2D eigenvalue weighted by atomic mass is 9.93. The molecule has 1 saturated heterocycles. The standard InChI is InChI=1S/C16H16F2N2O2/c1-10-5-12(8-13(17)6-10)16(18)3-4-20(9-16)15(21)14-7-11(2)19-22-14/h5-8H,3-4,9H2,1-2H3. The summed E-state index contributed by atoms with van der Waals surface area (Å²) >= 11 is 0. The molecule has 6 heteroatoms. The van der Waals surface area contributed by atoms with Crippen LogP contribution in [-0.4, -0.2) is 29.1 Å². The highest BCUT2D eigenvalue weighted by atomic mass is 19.1. The SMILES string of the molecule is Cc1cc(F)cc(C2(F)CCN(C(=O)c3cc(C)no3)C2)c1. The maximum Gasteiger partial charge on any atom is 0.292 e. The van der Waals surface area contributed by atoms with E-state index in [1.807, 2.05) is 0 Å². The second-order valence-corrected chi connectivity index (χ2v) is 5.79. The van der Waals surface area contributed by atoms with Crippen molar-refractivity contribution in [2.45, 2.75) is 25.9 Å². The Hall–Kier alpha value is -2.24. The molecule has 0 bridgehead atoms. The molecule has 1 unspecified atom stereocenters. The maximum absolute atomic E-state index is 15.1. The minimum absolute atomic E-state index is 0.0946. The van der Waals surface area contributed by atoms with Crippen molar-refractivity contribution in [2.24, 2.45) is 0 Å². The number of alkyl halides is 1. The highest BCUT2D eigenvalue weighted by Gasteiger charge is 2.42. The molecular formula is C16H16F2N2O2. The van der Waals surface area contributed by atoms with Crippen molar-refractivity contribution in [3.63, 3.8) is 0 Å². The minimum Gasteiger partial charge on any atom is -0.351 e. The number of carbonyl (C=O) groups excluding carboxylic acids is 1. The molecule has 1 aliphatic heterocycles. The molecular weight excluding hydrogens is 290 g/mol. The molecule has 0 N–H and O–H groups in total. The first-order chi connectivity index (χ1) is 10.4. The van der Waals surface area contributed by atoms with Gasteiger partial charge in [-0.15, -0.1) is 0 Å². The van der Waals surface area contributed by atoms with Gasteiger partial charge in [0.15, 0.2) is 5.67 Å². The number of rotatable bonds is 2. The van der Waals surface area contributed by atoms with Crippen molar-refractivity contribution in [3.05, 3.63) is 52.7 Å². The van der Waals surface area contributed by atoms with Crippen LogP contribution in [0.3, 0.4) is 0 Å². The number of amides is 1. The van der Waals surface area contributed by atoms with Gasteiger partial charge in [-0.1, -0.05) is 11.2 Å². The second kappa shape index (κ2) is 5.19. The minimum atomic E-state index is -1.74. The van der Waals surface area contributed by atoms with Crippen LogP contribution in [0, 0.1) is 19.7 Å². The Balaban J connectivity index is 1.82. The summed E-state index contributed by atoms with van der Waals surface area (Å²) < 4.78 is 33.6. The number of hydrogen-bond acceptors (Lipinski definition) is 3. The van der Waals surface area contributed by atoms with Crippen molar-refractivity contribution in [1.82, 2.24) is 10.1 Å². The van der Waals surface area contributed by atoms with E-state index in [1.165, 1.54) is 23.1 Å². The molecule has 2 aromatic rings. The number of halogens is 2. The number of benzene rings is 1. The smallest absolute Gasteiger partial charge is 0.292 e. The Morgan fingerprint density at radius 1 is 1.32 bits per heavy atom. The topological polar surface area (TPSA) is 46.3 Å². The fourth-order valence-electron chi connectivity index (χ4n) is 2.80. The second-order valence-electron chi connectivity index (χ2n) is 5.79. The van der Waals surface area contributed by atoms with E-state index in [0.717, 1.165) is 0 Å². The summed E-state index contributed by atoms with van der Waals surface area (Å²) in [5.74, 6) is -0.770. The third-order valence-corrected chi connectivity index (χ3v) is 3.90. The molecule has 0 radical (unpaired) electrons. The number of likely N-dealkylation sites (tertiary alicyclic amines) is 1. The summed E-state index contributed by atoms with van der Waals surface area (Å²) in [6.07, 6.45) is 0.134. The first-order valence-corrected chi connectivity index (χ1v) is 7.06. The van der Waals surface area contributed by atoms with Crippen LogP contribution in [0.4, 0.5) is 8.78 Å². The molecule has 1 aromatic heterocycles. The fourth-order valence-corrected chi connectivity index (χ4v) is 2.80. The quantitative estimate of drug-likeness (QED) is 0.856. The highest BCUT2D eigenvalue weighted by molar-refractivity contribution is 5.91. The Morgan fingerprint density at radius 2 is 2.09 bits per heavy atom. The summed E-state index contributed by atoms with van der Waals surface area (Å²) in [5.41, 5.74) is -0.219. The first-order valence-electron chi connectivity index (χ1n) is 7.06. The van der Waals surface area contributed by atoms with E-state index in [4.69, 9.17) is 4.52 Å². The highest BCUT2D eigenvalue weighted by Crippen LogP contribution is 2.37. The molecule has 4 nitrogen and oxygen atoms in total. The van der Waals surface area contributed by atoms with E-state index in [9.17, 15) is 9.18 Å². The van der Waals surface area contributed by atoms with Crippen LogP contribution in [0.15, 0.2) is 28.8 Å². The number of nitrogens with zero attached hydrogens (tertiary/aromatic N) is 2. The van der Waals surface area contributed by atoms with E-state index in [1.54, 1.807) is 19.9 Å². The number of carbonyl (C=O) groups is 1. The predicted molar refractivity (Wildman–Crippen MR) is 75.7 cm³/mol. The van der Waals surface area contributed by atoms with Gasteiger partial charge in [-0.3, -0.25) is 4.79 Å². The Kier molecular flexibility index (Phi) is 3.47. The van der Waals surface area contributed by atoms with E-state index >= 15 is 4.39 Å². The monoisotopic (exact) mass is 306 g/mol. The van der Waals surface area contributed by atoms with E-state index in [0.29, 0.717) is 11.3 Å². The molecule has 0 aliphatic carbocycles. The van der Waals surface area contributed by atoms with E-state index in [-0.39, 0.29) is 30.8 Å². The third-order valence-electron chi connectivity index (χ3n) is 3.90. The molecule has 1 aliphatic rings. The molecule has 3 rings (SSSR count). The zero-order valence-electron chi connectivity index (χ0n) is 12.4. The van der Waals surface area contributed by atoms with E-state index in [2.05, 4.69) is 5.16 Å². The molecule has 1 aromatic carbocycles. The van der Waals surface area contributed by atoms with Gasteiger partial charge in [0.2, 0.25) is 5.76 Å². The van der Waals surface area contributed by atoms with Crippen LogP contribution in [0.1, 0.15) is 33.8 Å². The summed E-state index contributed by atoms with van der Waals surface area (Å²) in [4.78, 5) is 13.6. The molecule has 1 atom stereocenters. The molecule has 0 saturated carbocycles. The third kappa shape index (κ3) is 2.61. The van der Waals surface area contributed by atoms with Crippen molar-refractivity contribution < 1.29 is 18.1 Å². The van der Waals surface area contributed by atoms with Crippen molar-refractivity contribution >= 4 is 5.91 Å². The average Bonchev–Trinajstić information content (AvgIpc) is 3.04. The van der Waals surface area contributed by atoms with Gasteiger partial charge in [-0.05, 0) is 37.1 Å². The molecule has 1 amide bonds. The lowest BCUT2D eigenvalue weighted by Crippen LogP contribution is -2.32.